The van der Waals surface area contributed by atoms with E-state index in [1.54, 1.807) is 0 Å². The molecule has 2 aromatic rings. The zero-order valence-electron chi connectivity index (χ0n) is 12.6. The Bertz CT molecular complexity index is 606. The summed E-state index contributed by atoms with van der Waals surface area (Å²) in [4.78, 5) is 17.8. The minimum absolute atomic E-state index is 0.219. The molecule has 3 heterocycles. The van der Waals surface area contributed by atoms with E-state index in [4.69, 9.17) is 0 Å². The Kier molecular flexibility index (Phi) is 3.92. The van der Waals surface area contributed by atoms with Crippen LogP contribution < -0.4 is 0 Å². The average Bonchev–Trinajstić information content (AvgIpc) is 3.09. The number of ketones is 1. The largest absolute Gasteiger partial charge is 0.362 e. The molecule has 0 aromatic carbocycles. The number of rotatable bonds is 4. The average molecular weight is 286 g/mol. The van der Waals surface area contributed by atoms with Gasteiger partial charge in [0.2, 0.25) is 0 Å². The molecular formula is C16H22N4O. The zero-order valence-corrected chi connectivity index (χ0v) is 12.6. The normalized spacial score (nSPS) is 17.2. The first-order chi connectivity index (χ1) is 10.1. The van der Waals surface area contributed by atoms with Crippen molar-refractivity contribution in [2.45, 2.75) is 32.6 Å². The first-order valence-electron chi connectivity index (χ1n) is 7.54. The van der Waals surface area contributed by atoms with Gasteiger partial charge in [-0.15, -0.1) is 0 Å². The van der Waals surface area contributed by atoms with Gasteiger partial charge in [0.25, 0.3) is 0 Å². The van der Waals surface area contributed by atoms with Gasteiger partial charge >= 0.3 is 0 Å². The highest BCUT2D eigenvalue weighted by molar-refractivity contribution is 5.98. The molecule has 0 radical (unpaired) electrons. The highest BCUT2D eigenvalue weighted by atomic mass is 16.1. The van der Waals surface area contributed by atoms with Crippen LogP contribution in [-0.4, -0.2) is 45.5 Å². The maximum Gasteiger partial charge on any atom is 0.178 e. The Morgan fingerprint density at radius 3 is 2.71 bits per heavy atom. The van der Waals surface area contributed by atoms with Crippen molar-refractivity contribution in [2.75, 3.05) is 19.6 Å². The van der Waals surface area contributed by atoms with Gasteiger partial charge in [-0.1, -0.05) is 0 Å². The second-order valence-corrected chi connectivity index (χ2v) is 5.98. The molecule has 2 aromatic heterocycles. The van der Waals surface area contributed by atoms with Gasteiger partial charge in [0.05, 0.1) is 6.54 Å². The van der Waals surface area contributed by atoms with E-state index in [-0.39, 0.29) is 5.78 Å². The number of aromatic nitrogens is 3. The number of nitrogens with zero attached hydrogens (tertiary/aromatic N) is 2. The standard InChI is InChI=1S/C16H22N4O/c1-11-9-14(12(2)18-11)16(21)10-20-7-4-13(5-8-20)15-3-6-17-19-15/h3,6,9,13,18H,4-5,7-8,10H2,1-2H3,(H,17,19). The van der Waals surface area contributed by atoms with Gasteiger partial charge in [0.1, 0.15) is 0 Å². The van der Waals surface area contributed by atoms with Crippen molar-refractivity contribution in [3.05, 3.63) is 41.0 Å². The highest BCUT2D eigenvalue weighted by Crippen LogP contribution is 2.26. The molecule has 112 valence electrons. The number of H-pyrrole nitrogens is 2. The lowest BCUT2D eigenvalue weighted by molar-refractivity contribution is 0.0908. The van der Waals surface area contributed by atoms with Gasteiger partial charge in [-0.05, 0) is 51.9 Å². The predicted molar refractivity (Wildman–Crippen MR) is 81.6 cm³/mol. The van der Waals surface area contributed by atoms with E-state index >= 15 is 0 Å². The van der Waals surface area contributed by atoms with Crippen LogP contribution in [0.2, 0.25) is 0 Å². The van der Waals surface area contributed by atoms with Crippen molar-refractivity contribution >= 4 is 5.78 Å². The summed E-state index contributed by atoms with van der Waals surface area (Å²) in [5, 5.41) is 7.08. The van der Waals surface area contributed by atoms with E-state index in [0.29, 0.717) is 12.5 Å². The number of carbonyl (C=O) groups is 1. The third-order valence-electron chi connectivity index (χ3n) is 4.37. The molecule has 3 rings (SSSR count). The number of aryl methyl sites for hydroxylation is 2. The summed E-state index contributed by atoms with van der Waals surface area (Å²) < 4.78 is 0. The predicted octanol–water partition coefficient (Wildman–Crippen LogP) is 2.42. The monoisotopic (exact) mass is 286 g/mol. The number of hydrogen-bond acceptors (Lipinski definition) is 3. The fourth-order valence-electron chi connectivity index (χ4n) is 3.20. The lowest BCUT2D eigenvalue weighted by Crippen LogP contribution is -2.37. The van der Waals surface area contributed by atoms with Crippen molar-refractivity contribution in [1.82, 2.24) is 20.1 Å². The summed E-state index contributed by atoms with van der Waals surface area (Å²) in [6.07, 6.45) is 3.98. The number of nitrogens with one attached hydrogen (secondary N) is 2. The van der Waals surface area contributed by atoms with Gasteiger partial charge in [-0.25, -0.2) is 0 Å². The molecule has 1 fully saturated rings. The Labute approximate surface area is 124 Å². The molecule has 5 nitrogen and oxygen atoms in total. The van der Waals surface area contributed by atoms with Gasteiger partial charge in [-0.3, -0.25) is 14.8 Å². The van der Waals surface area contributed by atoms with E-state index in [2.05, 4.69) is 26.1 Å². The van der Waals surface area contributed by atoms with Crippen LogP contribution in [0.1, 0.15) is 46.2 Å². The molecule has 0 saturated carbocycles. The number of carbonyl (C=O) groups excluding carboxylic acids is 1. The van der Waals surface area contributed by atoms with Crippen LogP contribution >= 0.6 is 0 Å². The van der Waals surface area contributed by atoms with Gasteiger partial charge in [0.15, 0.2) is 5.78 Å². The summed E-state index contributed by atoms with van der Waals surface area (Å²) in [5.74, 6) is 0.770. The third-order valence-corrected chi connectivity index (χ3v) is 4.37. The van der Waals surface area contributed by atoms with Gasteiger partial charge < -0.3 is 4.98 Å². The second kappa shape index (κ2) is 5.85. The Hall–Kier alpha value is -1.88. The molecule has 5 heteroatoms. The molecule has 0 spiro atoms. The smallest absolute Gasteiger partial charge is 0.178 e. The Morgan fingerprint density at radius 2 is 2.14 bits per heavy atom. The van der Waals surface area contributed by atoms with E-state index in [9.17, 15) is 4.79 Å². The minimum Gasteiger partial charge on any atom is -0.362 e. The van der Waals surface area contributed by atoms with E-state index < -0.39 is 0 Å². The van der Waals surface area contributed by atoms with Crippen LogP contribution in [0.3, 0.4) is 0 Å². The maximum absolute atomic E-state index is 12.4. The van der Waals surface area contributed by atoms with Crippen molar-refractivity contribution in [2.24, 2.45) is 0 Å². The molecule has 1 aliphatic rings. The molecule has 2 N–H and O–H groups in total. The molecule has 0 aliphatic carbocycles. The fraction of sp³-hybridized carbons (Fsp3) is 0.500. The van der Waals surface area contributed by atoms with Gasteiger partial charge in [-0.2, -0.15) is 5.10 Å². The van der Waals surface area contributed by atoms with E-state index in [1.807, 2.05) is 26.1 Å². The van der Waals surface area contributed by atoms with E-state index in [1.165, 1.54) is 5.69 Å². The van der Waals surface area contributed by atoms with Crippen LogP contribution in [0.25, 0.3) is 0 Å². The second-order valence-electron chi connectivity index (χ2n) is 5.98. The number of Topliss-reactive ketones (excluding diaryl/α,β-unsaturated/α-hetero) is 1. The molecule has 1 aliphatic heterocycles. The Balaban J connectivity index is 1.56. The summed E-state index contributed by atoms with van der Waals surface area (Å²) >= 11 is 0. The first kappa shape index (κ1) is 14.1. The first-order valence-corrected chi connectivity index (χ1v) is 7.54. The number of piperidine rings is 1. The molecule has 0 unspecified atom stereocenters. The molecular weight excluding hydrogens is 264 g/mol. The molecule has 0 atom stereocenters. The lowest BCUT2D eigenvalue weighted by Gasteiger charge is -2.30. The molecule has 0 amide bonds. The van der Waals surface area contributed by atoms with Crippen LogP contribution in [-0.2, 0) is 0 Å². The Morgan fingerprint density at radius 1 is 1.38 bits per heavy atom. The van der Waals surface area contributed by atoms with Crippen LogP contribution in [0, 0.1) is 13.8 Å². The van der Waals surface area contributed by atoms with Crippen LogP contribution in [0.4, 0.5) is 0 Å². The van der Waals surface area contributed by atoms with Crippen molar-refractivity contribution < 1.29 is 4.79 Å². The quantitative estimate of drug-likeness (QED) is 0.848. The zero-order chi connectivity index (χ0) is 14.8. The maximum atomic E-state index is 12.4. The van der Waals surface area contributed by atoms with Crippen molar-refractivity contribution in [3.8, 4) is 0 Å². The summed E-state index contributed by atoms with van der Waals surface area (Å²) in [6, 6.07) is 4.01. The number of aromatic amines is 2. The van der Waals surface area contributed by atoms with Gasteiger partial charge in [0, 0.05) is 34.8 Å². The SMILES string of the molecule is Cc1cc(C(=O)CN2CCC(c3ccn[nH]3)CC2)c(C)[nH]1. The summed E-state index contributed by atoms with van der Waals surface area (Å²) in [6.45, 7) is 6.41. The topological polar surface area (TPSA) is 64.8 Å². The molecule has 21 heavy (non-hydrogen) atoms. The minimum atomic E-state index is 0.219. The van der Waals surface area contributed by atoms with Crippen molar-refractivity contribution in [3.63, 3.8) is 0 Å². The fourth-order valence-corrected chi connectivity index (χ4v) is 3.20. The highest BCUT2D eigenvalue weighted by Gasteiger charge is 2.23. The number of hydrogen-bond donors (Lipinski definition) is 2. The molecule has 1 saturated heterocycles. The molecule has 0 bridgehead atoms. The lowest BCUT2D eigenvalue weighted by atomic mass is 9.93. The van der Waals surface area contributed by atoms with Crippen LogP contribution in [0.5, 0.6) is 0 Å². The summed E-state index contributed by atoms with van der Waals surface area (Å²) in [5.41, 5.74) is 4.08. The number of likely N-dealkylation sites (tertiary alicyclic amines) is 1. The van der Waals surface area contributed by atoms with Crippen LogP contribution in [0.15, 0.2) is 18.3 Å². The summed E-state index contributed by atoms with van der Waals surface area (Å²) in [7, 11) is 0. The van der Waals surface area contributed by atoms with E-state index in [0.717, 1.165) is 42.9 Å². The van der Waals surface area contributed by atoms with Crippen molar-refractivity contribution in [1.29, 1.82) is 0 Å². The third kappa shape index (κ3) is 3.08.